The summed E-state index contributed by atoms with van der Waals surface area (Å²) in [5.41, 5.74) is 7.64. The number of thiophene rings is 1. The largest absolute Gasteiger partial charge is 0.366 e. The number of benzene rings is 2. The van der Waals surface area contributed by atoms with Gasteiger partial charge >= 0.3 is 0 Å². The van der Waals surface area contributed by atoms with E-state index in [1.54, 1.807) is 17.7 Å². The van der Waals surface area contributed by atoms with Gasteiger partial charge in [0.25, 0.3) is 0 Å². The van der Waals surface area contributed by atoms with E-state index in [1.165, 1.54) is 40.5 Å². The number of hydrogen-bond acceptors (Lipinski definition) is 5. The van der Waals surface area contributed by atoms with Crippen LogP contribution in [-0.4, -0.2) is 21.0 Å². The van der Waals surface area contributed by atoms with E-state index < -0.39 is 0 Å². The molecule has 3 heterocycles. The number of rotatable bonds is 6. The summed E-state index contributed by atoms with van der Waals surface area (Å²) in [5.74, 6) is 0.930. The van der Waals surface area contributed by atoms with Crippen molar-refractivity contribution in [2.24, 2.45) is 0 Å². The summed E-state index contributed by atoms with van der Waals surface area (Å²) in [6.45, 7) is 2.23. The average Bonchev–Trinajstić information content (AvgIpc) is 3.28. The van der Waals surface area contributed by atoms with Crippen molar-refractivity contribution in [2.45, 2.75) is 51.5 Å². The number of nitrogens with one attached hydrogen (secondary N) is 1. The van der Waals surface area contributed by atoms with Crippen LogP contribution in [0.4, 0.5) is 5.82 Å². The lowest BCUT2D eigenvalue weighted by Crippen LogP contribution is -2.17. The zero-order valence-electron chi connectivity index (χ0n) is 19.4. The summed E-state index contributed by atoms with van der Waals surface area (Å²) < 4.78 is 1.12. The Hall–Kier alpha value is -3.31. The van der Waals surface area contributed by atoms with Crippen LogP contribution in [-0.2, 0) is 19.3 Å². The Bertz CT molecular complexity index is 1440. The van der Waals surface area contributed by atoms with Crippen molar-refractivity contribution in [1.82, 2.24) is 15.0 Å². The van der Waals surface area contributed by atoms with Crippen LogP contribution in [0.25, 0.3) is 31.7 Å². The van der Waals surface area contributed by atoms with E-state index in [-0.39, 0.29) is 0 Å². The lowest BCUT2D eigenvalue weighted by Gasteiger charge is -2.20. The molecule has 0 radical (unpaired) electrons. The standard InChI is InChI=1S/C29H28N4S/c1-19(16-17-20-10-4-2-5-11-20)32-28-27-26(30-18-31-28)24-22-14-8-9-15-23(22)25(33-29(24)34-27)21-12-6-3-7-13-21/h2-7,10-13,18-19H,8-9,14-17H2,1H3,(H,30,31,32). The van der Waals surface area contributed by atoms with Crippen LogP contribution in [0.2, 0.25) is 0 Å². The first-order chi connectivity index (χ1) is 16.8. The fourth-order valence-electron chi connectivity index (χ4n) is 5.13. The molecule has 4 nitrogen and oxygen atoms in total. The lowest BCUT2D eigenvalue weighted by atomic mass is 9.87. The van der Waals surface area contributed by atoms with Gasteiger partial charge in [0.05, 0.1) is 15.9 Å². The fourth-order valence-corrected chi connectivity index (χ4v) is 6.24. The minimum atomic E-state index is 0.310. The highest BCUT2D eigenvalue weighted by atomic mass is 32.1. The van der Waals surface area contributed by atoms with Gasteiger partial charge in [-0.2, -0.15) is 0 Å². The first-order valence-corrected chi connectivity index (χ1v) is 13.0. The van der Waals surface area contributed by atoms with Gasteiger partial charge in [-0.3, -0.25) is 0 Å². The Balaban J connectivity index is 1.40. The van der Waals surface area contributed by atoms with Gasteiger partial charge in [0.15, 0.2) is 0 Å². The monoisotopic (exact) mass is 464 g/mol. The van der Waals surface area contributed by atoms with E-state index in [0.717, 1.165) is 52.2 Å². The highest BCUT2D eigenvalue weighted by Gasteiger charge is 2.24. The van der Waals surface area contributed by atoms with Gasteiger partial charge in [-0.1, -0.05) is 60.7 Å². The van der Waals surface area contributed by atoms with Crippen LogP contribution in [0, 0.1) is 0 Å². The Kier molecular flexibility index (Phi) is 5.71. The third-order valence-corrected chi connectivity index (χ3v) is 7.94. The van der Waals surface area contributed by atoms with Crippen LogP contribution in [0.5, 0.6) is 0 Å². The van der Waals surface area contributed by atoms with Crippen LogP contribution < -0.4 is 5.32 Å². The molecule has 0 saturated carbocycles. The maximum Gasteiger partial charge on any atom is 0.147 e. The highest BCUT2D eigenvalue weighted by molar-refractivity contribution is 7.26. The SMILES string of the molecule is CC(CCc1ccccc1)Nc1ncnc2c1sc1nc(-c3ccccc3)c3c(c12)CCCC3. The molecule has 5 heteroatoms. The molecule has 1 aliphatic rings. The van der Waals surface area contributed by atoms with Crippen molar-refractivity contribution < 1.29 is 0 Å². The van der Waals surface area contributed by atoms with Gasteiger partial charge in [0, 0.05) is 17.0 Å². The Morgan fingerprint density at radius 1 is 0.912 bits per heavy atom. The molecule has 1 unspecified atom stereocenters. The highest BCUT2D eigenvalue weighted by Crippen LogP contribution is 2.42. The van der Waals surface area contributed by atoms with Gasteiger partial charge in [-0.25, -0.2) is 15.0 Å². The zero-order chi connectivity index (χ0) is 22.9. The summed E-state index contributed by atoms with van der Waals surface area (Å²) in [6, 6.07) is 21.6. The minimum Gasteiger partial charge on any atom is -0.366 e. The van der Waals surface area contributed by atoms with Crippen molar-refractivity contribution in [2.75, 3.05) is 5.32 Å². The summed E-state index contributed by atoms with van der Waals surface area (Å²) in [6.07, 6.45) is 8.44. The first-order valence-electron chi connectivity index (χ1n) is 12.2. The maximum absolute atomic E-state index is 5.22. The summed E-state index contributed by atoms with van der Waals surface area (Å²) in [7, 11) is 0. The number of anilines is 1. The van der Waals surface area contributed by atoms with Crippen LogP contribution in [0.3, 0.4) is 0 Å². The van der Waals surface area contributed by atoms with Gasteiger partial charge in [0.2, 0.25) is 0 Å². The number of aromatic nitrogens is 3. The molecule has 0 spiro atoms. The number of pyridine rings is 1. The van der Waals surface area contributed by atoms with E-state index in [2.05, 4.69) is 77.9 Å². The Morgan fingerprint density at radius 3 is 2.44 bits per heavy atom. The molecule has 0 fully saturated rings. The van der Waals surface area contributed by atoms with Crippen LogP contribution in [0.15, 0.2) is 67.0 Å². The van der Waals surface area contributed by atoms with E-state index in [4.69, 9.17) is 9.97 Å². The van der Waals surface area contributed by atoms with Crippen molar-refractivity contribution in [3.63, 3.8) is 0 Å². The van der Waals surface area contributed by atoms with Gasteiger partial charge in [-0.15, -0.1) is 11.3 Å². The topological polar surface area (TPSA) is 50.7 Å². The first kappa shape index (κ1) is 21.2. The van der Waals surface area contributed by atoms with Gasteiger partial charge in [-0.05, 0) is 62.1 Å². The predicted molar refractivity (Wildman–Crippen MR) is 143 cm³/mol. The normalized spacial score (nSPS) is 14.3. The molecule has 0 aliphatic heterocycles. The zero-order valence-corrected chi connectivity index (χ0v) is 20.2. The summed E-state index contributed by atoms with van der Waals surface area (Å²) >= 11 is 1.73. The van der Waals surface area contributed by atoms with Crippen molar-refractivity contribution >= 4 is 37.6 Å². The molecule has 0 saturated heterocycles. The quantitative estimate of drug-likeness (QED) is 0.288. The molecular formula is C29H28N4S. The second-order valence-electron chi connectivity index (χ2n) is 9.24. The number of fused-ring (bicyclic) bond motifs is 5. The number of hydrogen-bond donors (Lipinski definition) is 1. The smallest absolute Gasteiger partial charge is 0.147 e. The van der Waals surface area contributed by atoms with Crippen molar-refractivity contribution in [3.8, 4) is 11.3 Å². The number of aryl methyl sites for hydroxylation is 2. The van der Waals surface area contributed by atoms with Crippen LogP contribution in [0.1, 0.15) is 42.9 Å². The molecule has 170 valence electrons. The third-order valence-electron chi connectivity index (χ3n) is 6.86. The average molecular weight is 465 g/mol. The molecule has 34 heavy (non-hydrogen) atoms. The molecule has 0 bridgehead atoms. The Labute approximate surface area is 204 Å². The molecule has 0 amide bonds. The van der Waals surface area contributed by atoms with E-state index in [9.17, 15) is 0 Å². The maximum atomic E-state index is 5.22. The fraction of sp³-hybridized carbons (Fsp3) is 0.276. The van der Waals surface area contributed by atoms with E-state index in [1.807, 2.05) is 0 Å². The summed E-state index contributed by atoms with van der Waals surface area (Å²) in [4.78, 5) is 15.7. The molecule has 1 N–H and O–H groups in total. The van der Waals surface area contributed by atoms with Crippen molar-refractivity contribution in [1.29, 1.82) is 0 Å². The van der Waals surface area contributed by atoms with Gasteiger partial charge in [0.1, 0.15) is 17.0 Å². The minimum absolute atomic E-state index is 0.310. The molecule has 2 aromatic carbocycles. The van der Waals surface area contributed by atoms with Crippen LogP contribution >= 0.6 is 11.3 Å². The molecule has 5 aromatic rings. The van der Waals surface area contributed by atoms with Crippen molar-refractivity contribution in [3.05, 3.63) is 83.7 Å². The second kappa shape index (κ2) is 9.15. The molecule has 1 atom stereocenters. The second-order valence-corrected chi connectivity index (χ2v) is 10.2. The molecular weight excluding hydrogens is 436 g/mol. The summed E-state index contributed by atoms with van der Waals surface area (Å²) in [5, 5.41) is 4.92. The molecule has 3 aromatic heterocycles. The molecule has 6 rings (SSSR count). The lowest BCUT2D eigenvalue weighted by molar-refractivity contribution is 0.689. The van der Waals surface area contributed by atoms with E-state index >= 15 is 0 Å². The van der Waals surface area contributed by atoms with Gasteiger partial charge < -0.3 is 5.32 Å². The number of nitrogens with zero attached hydrogens (tertiary/aromatic N) is 3. The Morgan fingerprint density at radius 2 is 1.65 bits per heavy atom. The van der Waals surface area contributed by atoms with E-state index in [0.29, 0.717) is 6.04 Å². The molecule has 1 aliphatic carbocycles. The third kappa shape index (κ3) is 3.94. The predicted octanol–water partition coefficient (Wildman–Crippen LogP) is 7.22.